The zero-order chi connectivity index (χ0) is 22.3. The van der Waals surface area contributed by atoms with Gasteiger partial charge in [0.1, 0.15) is 17.3 Å². The summed E-state index contributed by atoms with van der Waals surface area (Å²) in [5.74, 6) is -1.88. The van der Waals surface area contributed by atoms with E-state index < -0.39 is 17.7 Å². The number of ether oxygens (including phenoxy) is 1. The first-order chi connectivity index (χ1) is 14.8. The molecule has 0 bridgehead atoms. The normalized spacial score (nSPS) is 11.1. The number of aryl methyl sites for hydroxylation is 1. The predicted octanol–water partition coefficient (Wildman–Crippen LogP) is 2.15. The molecule has 1 aromatic carbocycles. The molecule has 0 aliphatic carbocycles. The van der Waals surface area contributed by atoms with Gasteiger partial charge in [-0.15, -0.1) is 0 Å². The molecule has 158 valence electrons. The van der Waals surface area contributed by atoms with Gasteiger partial charge in [0, 0.05) is 5.56 Å². The topological polar surface area (TPSA) is 161 Å². The fourth-order valence-corrected chi connectivity index (χ4v) is 3.12. The molecule has 0 saturated heterocycles. The second-order valence-electron chi connectivity index (χ2n) is 6.60. The number of carbonyl (C=O) groups excluding carboxylic acids is 1. The van der Waals surface area contributed by atoms with Crippen molar-refractivity contribution >= 4 is 28.8 Å². The Morgan fingerprint density at radius 2 is 1.81 bits per heavy atom. The summed E-state index contributed by atoms with van der Waals surface area (Å²) < 4.78 is 34.6. The maximum atomic E-state index is 14.3. The Bertz CT molecular complexity index is 1320. The number of hydrogen-bond donors (Lipinski definition) is 3. The monoisotopic (exact) mass is 426 g/mol. The molecule has 0 radical (unpaired) electrons. The van der Waals surface area contributed by atoms with Crippen LogP contribution in [0.2, 0.25) is 0 Å². The average molecular weight is 426 g/mol. The molecule has 0 unspecified atom stereocenters. The van der Waals surface area contributed by atoms with Crippen LogP contribution < -0.4 is 21.9 Å². The SMILES string of the molecule is Cc1c(F)cnc2c1c(-c1nc(N)c(OC(N)=O)c(N)n1)nn2Cc1ccccc1F. The number of hydrogen-bond acceptors (Lipinski definition) is 8. The highest BCUT2D eigenvalue weighted by Crippen LogP contribution is 2.33. The number of carbonyl (C=O) groups is 1. The summed E-state index contributed by atoms with van der Waals surface area (Å²) >= 11 is 0. The number of primary amides is 1. The molecule has 0 aliphatic rings. The lowest BCUT2D eigenvalue weighted by Gasteiger charge is -2.08. The van der Waals surface area contributed by atoms with Crippen LogP contribution in [-0.4, -0.2) is 30.8 Å². The van der Waals surface area contributed by atoms with Crippen LogP contribution >= 0.6 is 0 Å². The van der Waals surface area contributed by atoms with Gasteiger partial charge in [0.15, 0.2) is 23.1 Å². The Balaban J connectivity index is 1.92. The van der Waals surface area contributed by atoms with Crippen LogP contribution in [0.25, 0.3) is 22.6 Å². The number of amides is 1. The van der Waals surface area contributed by atoms with E-state index in [-0.39, 0.29) is 46.7 Å². The van der Waals surface area contributed by atoms with E-state index in [1.54, 1.807) is 18.2 Å². The molecule has 12 heteroatoms. The van der Waals surface area contributed by atoms with Gasteiger partial charge in [0.05, 0.1) is 18.1 Å². The predicted molar refractivity (Wildman–Crippen MR) is 108 cm³/mol. The minimum Gasteiger partial charge on any atom is -0.403 e. The van der Waals surface area contributed by atoms with Gasteiger partial charge in [-0.1, -0.05) is 18.2 Å². The summed E-state index contributed by atoms with van der Waals surface area (Å²) in [5.41, 5.74) is 17.7. The minimum atomic E-state index is -1.14. The number of nitrogens with zero attached hydrogens (tertiary/aromatic N) is 5. The number of aromatic nitrogens is 5. The molecule has 0 aliphatic heterocycles. The first-order valence-corrected chi connectivity index (χ1v) is 8.92. The summed E-state index contributed by atoms with van der Waals surface area (Å²) in [7, 11) is 0. The highest BCUT2D eigenvalue weighted by atomic mass is 19.1. The molecule has 6 N–H and O–H groups in total. The fraction of sp³-hybridized carbons (Fsp3) is 0.105. The van der Waals surface area contributed by atoms with Crippen molar-refractivity contribution in [2.24, 2.45) is 5.73 Å². The minimum absolute atomic E-state index is 0.0229. The Labute approximate surface area is 173 Å². The zero-order valence-corrected chi connectivity index (χ0v) is 16.1. The second kappa shape index (κ2) is 7.48. The fourth-order valence-electron chi connectivity index (χ4n) is 3.12. The number of benzene rings is 1. The number of halogens is 2. The van der Waals surface area contributed by atoms with Gasteiger partial charge >= 0.3 is 6.09 Å². The lowest BCUT2D eigenvalue weighted by molar-refractivity contribution is 0.211. The van der Waals surface area contributed by atoms with Crippen molar-refractivity contribution in [3.05, 3.63) is 53.2 Å². The molecular formula is C19H16F2N8O2. The van der Waals surface area contributed by atoms with Crippen molar-refractivity contribution in [1.29, 1.82) is 0 Å². The van der Waals surface area contributed by atoms with Crippen molar-refractivity contribution in [2.45, 2.75) is 13.5 Å². The van der Waals surface area contributed by atoms with E-state index in [9.17, 15) is 13.6 Å². The molecule has 3 aromatic heterocycles. The summed E-state index contributed by atoms with van der Waals surface area (Å²) in [4.78, 5) is 23.3. The molecule has 0 fully saturated rings. The molecule has 31 heavy (non-hydrogen) atoms. The number of anilines is 2. The van der Waals surface area contributed by atoms with Crippen LogP contribution in [0.15, 0.2) is 30.5 Å². The van der Waals surface area contributed by atoms with Crippen LogP contribution in [0, 0.1) is 18.6 Å². The Kier molecular flexibility index (Phi) is 4.81. The third-order valence-corrected chi connectivity index (χ3v) is 4.57. The van der Waals surface area contributed by atoms with Crippen LogP contribution in [-0.2, 0) is 6.54 Å². The first-order valence-electron chi connectivity index (χ1n) is 8.92. The van der Waals surface area contributed by atoms with Crippen LogP contribution in [0.1, 0.15) is 11.1 Å². The van der Waals surface area contributed by atoms with Gasteiger partial charge in [-0.3, -0.25) is 0 Å². The lowest BCUT2D eigenvalue weighted by Crippen LogP contribution is -2.19. The first kappa shape index (κ1) is 19.9. The standard InChI is InChI=1S/C19H16F2N8O2/c1-8-11(21)6-25-18-12(8)13(28-29(18)7-9-4-2-3-5-10(9)20)17-26-15(22)14(16(23)27-17)31-19(24)30/h2-6H,7H2,1H3,(H2,24,30)(H4,22,23,26,27). The lowest BCUT2D eigenvalue weighted by atomic mass is 10.1. The average Bonchev–Trinajstić information content (AvgIpc) is 3.08. The van der Waals surface area contributed by atoms with Crippen LogP contribution in [0.5, 0.6) is 5.75 Å². The third kappa shape index (κ3) is 3.54. The molecule has 4 rings (SSSR count). The highest BCUT2D eigenvalue weighted by molar-refractivity contribution is 5.92. The molecule has 3 heterocycles. The van der Waals surface area contributed by atoms with Gasteiger partial charge in [-0.05, 0) is 18.6 Å². The molecular weight excluding hydrogens is 410 g/mol. The summed E-state index contributed by atoms with van der Waals surface area (Å²) in [5, 5.41) is 4.73. The maximum Gasteiger partial charge on any atom is 0.410 e. The number of nitrogen functional groups attached to an aromatic ring is 2. The Morgan fingerprint density at radius 3 is 2.45 bits per heavy atom. The Hall–Kier alpha value is -4.35. The van der Waals surface area contributed by atoms with Crippen LogP contribution in [0.3, 0.4) is 0 Å². The summed E-state index contributed by atoms with van der Waals surface area (Å²) in [6, 6.07) is 6.17. The van der Waals surface area contributed by atoms with E-state index in [0.29, 0.717) is 10.9 Å². The number of nitrogens with two attached hydrogens (primary N) is 3. The summed E-state index contributed by atoms with van der Waals surface area (Å²) in [6.07, 6.45) is -0.0922. The van der Waals surface area contributed by atoms with Gasteiger partial charge in [-0.25, -0.2) is 33.2 Å². The maximum absolute atomic E-state index is 14.3. The molecule has 1 amide bonds. The Morgan fingerprint density at radius 1 is 1.13 bits per heavy atom. The van der Waals surface area contributed by atoms with E-state index in [0.717, 1.165) is 6.20 Å². The van der Waals surface area contributed by atoms with Gasteiger partial charge in [-0.2, -0.15) is 5.10 Å². The highest BCUT2D eigenvalue weighted by Gasteiger charge is 2.23. The molecule has 0 spiro atoms. The number of pyridine rings is 1. The van der Waals surface area contributed by atoms with E-state index >= 15 is 0 Å². The van der Waals surface area contributed by atoms with Gasteiger partial charge in [0.25, 0.3) is 0 Å². The molecule has 0 atom stereocenters. The largest absolute Gasteiger partial charge is 0.410 e. The van der Waals surface area contributed by atoms with E-state index in [1.807, 2.05) is 0 Å². The van der Waals surface area contributed by atoms with Crippen molar-refractivity contribution in [3.63, 3.8) is 0 Å². The van der Waals surface area contributed by atoms with Crippen molar-refractivity contribution in [3.8, 4) is 17.3 Å². The zero-order valence-electron chi connectivity index (χ0n) is 16.1. The number of rotatable bonds is 4. The quantitative estimate of drug-likeness (QED) is 0.447. The van der Waals surface area contributed by atoms with E-state index in [2.05, 4.69) is 20.1 Å². The summed E-state index contributed by atoms with van der Waals surface area (Å²) in [6.45, 7) is 1.56. The van der Waals surface area contributed by atoms with Crippen molar-refractivity contribution in [1.82, 2.24) is 24.7 Å². The van der Waals surface area contributed by atoms with Gasteiger partial charge < -0.3 is 21.9 Å². The molecule has 10 nitrogen and oxygen atoms in total. The molecule has 4 aromatic rings. The van der Waals surface area contributed by atoms with Crippen molar-refractivity contribution < 1.29 is 18.3 Å². The second-order valence-corrected chi connectivity index (χ2v) is 6.60. The van der Waals surface area contributed by atoms with E-state index in [4.69, 9.17) is 21.9 Å². The van der Waals surface area contributed by atoms with Crippen LogP contribution in [0.4, 0.5) is 25.2 Å². The van der Waals surface area contributed by atoms with Crippen molar-refractivity contribution in [2.75, 3.05) is 11.5 Å². The molecule has 0 saturated carbocycles. The van der Waals surface area contributed by atoms with Gasteiger partial charge in [0.2, 0.25) is 5.75 Å². The third-order valence-electron chi connectivity index (χ3n) is 4.57. The smallest absolute Gasteiger partial charge is 0.403 e. The number of fused-ring (bicyclic) bond motifs is 1. The van der Waals surface area contributed by atoms with E-state index in [1.165, 1.54) is 17.7 Å².